The molecule has 2 nitrogen and oxygen atoms in total. The Morgan fingerprint density at radius 1 is 1.38 bits per heavy atom. The molecule has 0 radical (unpaired) electrons. The van der Waals surface area contributed by atoms with Gasteiger partial charge in [0.05, 0.1) is 18.6 Å². The Morgan fingerprint density at radius 2 is 2.25 bits per heavy atom. The van der Waals surface area contributed by atoms with Crippen LogP contribution in [-0.2, 0) is 11.2 Å². The summed E-state index contributed by atoms with van der Waals surface area (Å²) in [5, 5.41) is 3.45. The number of ether oxygens (including phenoxy) is 1. The first-order chi connectivity index (χ1) is 7.79. The van der Waals surface area contributed by atoms with Crippen LogP contribution in [0.25, 0.3) is 16.2 Å². The number of methoxy groups -OCH3 is 1. The molecule has 0 unspecified atom stereocenters. The highest BCUT2D eigenvalue weighted by Gasteiger charge is 2.17. The number of aryl methyl sites for hydroxylation is 2. The van der Waals surface area contributed by atoms with Crippen LogP contribution in [-0.4, -0.2) is 12.1 Å². The minimum Gasteiger partial charge on any atom is -0.501 e. The zero-order valence-electron chi connectivity index (χ0n) is 9.41. The van der Waals surface area contributed by atoms with Crippen LogP contribution < -0.4 is 0 Å². The first kappa shape index (κ1) is 9.85. The molecule has 0 saturated carbocycles. The molecule has 3 rings (SSSR count). The van der Waals surface area contributed by atoms with Crippen molar-refractivity contribution in [3.63, 3.8) is 0 Å². The standard InChI is InChI=1S/C13H13NOS/c1-8-10-5-6-16-13(10)11-4-3-9(15-2)7-12(11)14-8/h5-7H,3-4H2,1-2H3. The normalized spacial score (nSPS) is 14.8. The summed E-state index contributed by atoms with van der Waals surface area (Å²) in [6, 6.07) is 2.16. The molecule has 0 atom stereocenters. The molecule has 0 bridgehead atoms. The molecule has 0 N–H and O–H groups in total. The number of allylic oxidation sites excluding steroid dienone is 1. The number of rotatable bonds is 1. The van der Waals surface area contributed by atoms with Crippen molar-refractivity contribution < 1.29 is 4.74 Å². The summed E-state index contributed by atoms with van der Waals surface area (Å²) in [6.07, 6.45) is 4.10. The molecule has 0 saturated heterocycles. The summed E-state index contributed by atoms with van der Waals surface area (Å²) < 4.78 is 6.70. The minimum atomic E-state index is 0.987. The third-order valence-corrected chi connectivity index (χ3v) is 4.08. The Labute approximate surface area is 98.6 Å². The van der Waals surface area contributed by atoms with Crippen LogP contribution in [0.5, 0.6) is 0 Å². The maximum absolute atomic E-state index is 5.31. The van der Waals surface area contributed by atoms with E-state index in [1.807, 2.05) is 11.3 Å². The zero-order chi connectivity index (χ0) is 11.1. The van der Waals surface area contributed by atoms with Crippen LogP contribution >= 0.6 is 11.3 Å². The van der Waals surface area contributed by atoms with Gasteiger partial charge in [0.25, 0.3) is 0 Å². The first-order valence-electron chi connectivity index (χ1n) is 5.41. The Morgan fingerprint density at radius 3 is 3.06 bits per heavy atom. The number of fused-ring (bicyclic) bond motifs is 3. The van der Waals surface area contributed by atoms with Crippen LogP contribution in [0.15, 0.2) is 17.2 Å². The lowest BCUT2D eigenvalue weighted by molar-refractivity contribution is 0.280. The molecule has 1 aliphatic rings. The number of aromatic nitrogens is 1. The molecule has 16 heavy (non-hydrogen) atoms. The van der Waals surface area contributed by atoms with Crippen LogP contribution in [0.1, 0.15) is 23.4 Å². The average molecular weight is 231 g/mol. The summed E-state index contributed by atoms with van der Waals surface area (Å²) in [4.78, 5) is 4.66. The van der Waals surface area contributed by atoms with Crippen molar-refractivity contribution in [1.82, 2.24) is 4.98 Å². The SMILES string of the molecule is COC1=Cc2nc(C)c3ccsc3c2CC1. The van der Waals surface area contributed by atoms with Crippen molar-refractivity contribution in [1.29, 1.82) is 0 Å². The predicted octanol–water partition coefficient (Wildman–Crippen LogP) is 3.54. The molecule has 2 aromatic rings. The van der Waals surface area contributed by atoms with Crippen LogP contribution in [0, 0.1) is 6.92 Å². The van der Waals surface area contributed by atoms with E-state index in [0.717, 1.165) is 30.0 Å². The van der Waals surface area contributed by atoms with Gasteiger partial charge in [0, 0.05) is 28.3 Å². The van der Waals surface area contributed by atoms with Gasteiger partial charge in [-0.05, 0) is 30.4 Å². The quantitative estimate of drug-likeness (QED) is 0.749. The fraction of sp³-hybridized carbons (Fsp3) is 0.308. The van der Waals surface area contributed by atoms with Crippen molar-refractivity contribution >= 4 is 27.5 Å². The lowest BCUT2D eigenvalue weighted by atomic mass is 9.99. The number of hydrogen-bond acceptors (Lipinski definition) is 3. The Kier molecular flexibility index (Phi) is 2.21. The summed E-state index contributed by atoms with van der Waals surface area (Å²) in [6.45, 7) is 2.07. The lowest BCUT2D eigenvalue weighted by Gasteiger charge is -2.16. The number of pyridine rings is 1. The maximum Gasteiger partial charge on any atom is 0.0980 e. The second-order valence-corrected chi connectivity index (χ2v) is 4.96. The van der Waals surface area contributed by atoms with Crippen molar-refractivity contribution in [2.24, 2.45) is 0 Å². The van der Waals surface area contributed by atoms with Gasteiger partial charge in [-0.3, -0.25) is 4.98 Å². The third-order valence-electron chi connectivity index (χ3n) is 3.11. The van der Waals surface area contributed by atoms with Gasteiger partial charge in [0.15, 0.2) is 0 Å². The minimum absolute atomic E-state index is 0.987. The van der Waals surface area contributed by atoms with E-state index in [2.05, 4.69) is 29.4 Å². The zero-order valence-corrected chi connectivity index (χ0v) is 10.2. The maximum atomic E-state index is 5.31. The molecule has 3 heteroatoms. The monoisotopic (exact) mass is 231 g/mol. The molecular formula is C13H13NOS. The second-order valence-electron chi connectivity index (χ2n) is 4.04. The highest BCUT2D eigenvalue weighted by molar-refractivity contribution is 7.17. The van der Waals surface area contributed by atoms with Crippen molar-refractivity contribution in [3.05, 3.63) is 34.2 Å². The molecule has 2 heterocycles. The fourth-order valence-corrected chi connectivity index (χ4v) is 3.28. The van der Waals surface area contributed by atoms with Crippen LogP contribution in [0.4, 0.5) is 0 Å². The van der Waals surface area contributed by atoms with Crippen LogP contribution in [0.2, 0.25) is 0 Å². The molecule has 82 valence electrons. The van der Waals surface area contributed by atoms with E-state index in [0.29, 0.717) is 0 Å². The summed E-state index contributed by atoms with van der Waals surface area (Å²) in [7, 11) is 1.73. The van der Waals surface area contributed by atoms with Crippen molar-refractivity contribution in [2.45, 2.75) is 19.8 Å². The van der Waals surface area contributed by atoms with E-state index in [1.165, 1.54) is 15.6 Å². The highest BCUT2D eigenvalue weighted by atomic mass is 32.1. The predicted molar refractivity (Wildman–Crippen MR) is 67.7 cm³/mol. The molecular weight excluding hydrogens is 218 g/mol. The van der Waals surface area contributed by atoms with E-state index >= 15 is 0 Å². The van der Waals surface area contributed by atoms with E-state index in [9.17, 15) is 0 Å². The molecule has 0 spiro atoms. The van der Waals surface area contributed by atoms with E-state index in [-0.39, 0.29) is 0 Å². The Hall–Kier alpha value is -1.35. The summed E-state index contributed by atoms with van der Waals surface area (Å²) >= 11 is 1.81. The topological polar surface area (TPSA) is 22.1 Å². The smallest absolute Gasteiger partial charge is 0.0980 e. The van der Waals surface area contributed by atoms with Gasteiger partial charge >= 0.3 is 0 Å². The van der Waals surface area contributed by atoms with Gasteiger partial charge in [-0.2, -0.15) is 0 Å². The van der Waals surface area contributed by atoms with E-state index in [1.54, 1.807) is 7.11 Å². The van der Waals surface area contributed by atoms with Gasteiger partial charge in [-0.15, -0.1) is 11.3 Å². The Bertz CT molecular complexity index is 583. The average Bonchev–Trinajstić information content (AvgIpc) is 2.78. The number of hydrogen-bond donors (Lipinski definition) is 0. The highest BCUT2D eigenvalue weighted by Crippen LogP contribution is 2.33. The van der Waals surface area contributed by atoms with Gasteiger partial charge in [-0.1, -0.05) is 0 Å². The third kappa shape index (κ3) is 1.35. The van der Waals surface area contributed by atoms with E-state index in [4.69, 9.17) is 4.74 Å². The summed E-state index contributed by atoms with van der Waals surface area (Å²) in [5.74, 6) is 1.04. The lowest BCUT2D eigenvalue weighted by Crippen LogP contribution is -2.04. The number of thiophene rings is 1. The van der Waals surface area contributed by atoms with Gasteiger partial charge in [0.1, 0.15) is 0 Å². The molecule has 0 aliphatic heterocycles. The van der Waals surface area contributed by atoms with Gasteiger partial charge in [-0.25, -0.2) is 0 Å². The number of nitrogens with zero attached hydrogens (tertiary/aromatic N) is 1. The fourth-order valence-electron chi connectivity index (χ4n) is 2.25. The van der Waals surface area contributed by atoms with Gasteiger partial charge in [0.2, 0.25) is 0 Å². The van der Waals surface area contributed by atoms with Gasteiger partial charge < -0.3 is 4.74 Å². The molecule has 0 aromatic carbocycles. The largest absolute Gasteiger partial charge is 0.501 e. The molecule has 2 aromatic heterocycles. The Balaban J connectivity index is 2.30. The molecule has 0 amide bonds. The summed E-state index contributed by atoms with van der Waals surface area (Å²) in [5.41, 5.74) is 3.59. The molecule has 1 aliphatic carbocycles. The van der Waals surface area contributed by atoms with Crippen molar-refractivity contribution in [3.8, 4) is 0 Å². The van der Waals surface area contributed by atoms with Crippen molar-refractivity contribution in [2.75, 3.05) is 7.11 Å². The molecule has 0 fully saturated rings. The van der Waals surface area contributed by atoms with E-state index < -0.39 is 0 Å². The van der Waals surface area contributed by atoms with Crippen LogP contribution in [0.3, 0.4) is 0 Å². The first-order valence-corrected chi connectivity index (χ1v) is 6.29. The second kappa shape index (κ2) is 3.59.